The maximum atomic E-state index is 15.3. The molecule has 4 aliphatic heterocycles. The number of amides is 1. The second kappa shape index (κ2) is 9.62. The van der Waals surface area contributed by atoms with E-state index < -0.39 is 11.0 Å². The summed E-state index contributed by atoms with van der Waals surface area (Å²) in [5, 5.41) is 4.96. The summed E-state index contributed by atoms with van der Waals surface area (Å²) in [6, 6.07) is 20.8. The molecule has 3 aromatic carbocycles. The van der Waals surface area contributed by atoms with Crippen molar-refractivity contribution in [1.29, 1.82) is 0 Å². The summed E-state index contributed by atoms with van der Waals surface area (Å²) < 4.78 is 0. The lowest BCUT2D eigenvalue weighted by Crippen LogP contribution is -2.65. The molecule has 0 bridgehead atoms. The standard InChI is InChI=1S/C31H26Cl3N3O2S/c1-36-14-20(12-18-2-6-21(32)7-3-18)28(38)30(16-36)27(19-4-8-22(33)9-5-19)26-15-40-17-37(26)31(30)24-13-23(34)10-11-25(24)35-29(31)39/h2-13,26-27H,14-17H2,1H3,(H,35,39)/b20-12+/t26-,27+,30-,31-/m0/s1. The minimum atomic E-state index is -1.23. The van der Waals surface area contributed by atoms with Crippen molar-refractivity contribution in [2.24, 2.45) is 5.41 Å². The van der Waals surface area contributed by atoms with E-state index in [0.29, 0.717) is 45.3 Å². The summed E-state index contributed by atoms with van der Waals surface area (Å²) in [4.78, 5) is 34.3. The Morgan fingerprint density at radius 3 is 2.35 bits per heavy atom. The van der Waals surface area contributed by atoms with Gasteiger partial charge in [-0.25, -0.2) is 0 Å². The molecule has 4 aliphatic rings. The zero-order valence-electron chi connectivity index (χ0n) is 21.7. The molecule has 1 N–H and O–H groups in total. The number of nitrogens with one attached hydrogen (secondary N) is 1. The Morgan fingerprint density at radius 1 is 0.950 bits per heavy atom. The zero-order chi connectivity index (χ0) is 27.8. The highest BCUT2D eigenvalue weighted by molar-refractivity contribution is 7.99. The van der Waals surface area contributed by atoms with Gasteiger partial charge in [0, 0.05) is 68.6 Å². The van der Waals surface area contributed by atoms with Crippen LogP contribution in [-0.4, -0.2) is 59.3 Å². The molecular formula is C31H26Cl3N3O2S. The van der Waals surface area contributed by atoms with Crippen molar-refractivity contribution in [3.8, 4) is 0 Å². The quantitative estimate of drug-likeness (QED) is 0.334. The number of Topliss-reactive ketones (excluding diaryl/α,β-unsaturated/α-hetero) is 1. The van der Waals surface area contributed by atoms with Crippen molar-refractivity contribution in [1.82, 2.24) is 9.80 Å². The second-order valence-electron chi connectivity index (χ2n) is 11.1. The number of rotatable bonds is 2. The number of likely N-dealkylation sites (tertiary alicyclic amines) is 1. The molecule has 9 heteroatoms. The molecule has 3 saturated heterocycles. The van der Waals surface area contributed by atoms with E-state index in [2.05, 4.69) is 15.1 Å². The van der Waals surface area contributed by atoms with Crippen LogP contribution in [0.1, 0.15) is 22.6 Å². The number of carbonyl (C=O) groups is 2. The van der Waals surface area contributed by atoms with E-state index in [9.17, 15) is 4.79 Å². The van der Waals surface area contributed by atoms with Gasteiger partial charge in [0.2, 0.25) is 0 Å². The number of carbonyl (C=O) groups excluding carboxylic acids is 2. The molecule has 3 fully saturated rings. The largest absolute Gasteiger partial charge is 0.324 e. The molecule has 7 rings (SSSR count). The molecule has 0 aromatic heterocycles. The number of anilines is 1. The van der Waals surface area contributed by atoms with Crippen molar-refractivity contribution in [3.05, 3.63) is 104 Å². The van der Waals surface area contributed by atoms with Gasteiger partial charge in [-0.05, 0) is 66.7 Å². The van der Waals surface area contributed by atoms with E-state index in [1.807, 2.05) is 73.8 Å². The number of likely N-dealkylation sites (N-methyl/N-ethyl adjacent to an activating group) is 1. The third-order valence-corrected chi connectivity index (χ3v) is 10.7. The van der Waals surface area contributed by atoms with Gasteiger partial charge in [-0.1, -0.05) is 59.1 Å². The molecular weight excluding hydrogens is 585 g/mol. The highest BCUT2D eigenvalue weighted by Crippen LogP contribution is 2.68. The van der Waals surface area contributed by atoms with Crippen molar-refractivity contribution < 1.29 is 9.59 Å². The molecule has 0 radical (unpaired) electrons. The summed E-state index contributed by atoms with van der Waals surface area (Å²) in [7, 11) is 2.03. The molecule has 2 spiro atoms. The van der Waals surface area contributed by atoms with Crippen molar-refractivity contribution in [2.45, 2.75) is 17.5 Å². The van der Waals surface area contributed by atoms with Crippen LogP contribution >= 0.6 is 46.6 Å². The van der Waals surface area contributed by atoms with Crippen LogP contribution in [0.15, 0.2) is 72.3 Å². The molecule has 4 heterocycles. The number of piperidine rings is 1. The van der Waals surface area contributed by atoms with Crippen LogP contribution < -0.4 is 5.32 Å². The van der Waals surface area contributed by atoms with Crippen molar-refractivity contribution in [3.63, 3.8) is 0 Å². The summed E-state index contributed by atoms with van der Waals surface area (Å²) >= 11 is 20.9. The Hall–Kier alpha value is -2.32. The number of benzene rings is 3. The van der Waals surface area contributed by atoms with Gasteiger partial charge < -0.3 is 10.2 Å². The first kappa shape index (κ1) is 26.6. The number of hydrogen-bond donors (Lipinski definition) is 1. The minimum absolute atomic E-state index is 0.00266. The molecule has 0 unspecified atom stereocenters. The van der Waals surface area contributed by atoms with Crippen LogP contribution in [-0.2, 0) is 15.1 Å². The van der Waals surface area contributed by atoms with E-state index in [4.69, 9.17) is 34.8 Å². The first-order chi connectivity index (χ1) is 19.3. The van der Waals surface area contributed by atoms with Crippen LogP contribution in [0.4, 0.5) is 5.69 Å². The molecule has 3 aromatic rings. The lowest BCUT2D eigenvalue weighted by Gasteiger charge is -2.51. The van der Waals surface area contributed by atoms with E-state index in [0.717, 1.165) is 22.4 Å². The Labute approximate surface area is 252 Å². The van der Waals surface area contributed by atoms with Crippen molar-refractivity contribution in [2.75, 3.05) is 37.1 Å². The Balaban J connectivity index is 1.53. The first-order valence-corrected chi connectivity index (χ1v) is 15.5. The number of fused-ring (bicyclic) bond motifs is 5. The van der Waals surface area contributed by atoms with E-state index in [-0.39, 0.29) is 23.7 Å². The van der Waals surface area contributed by atoms with E-state index in [1.54, 1.807) is 17.8 Å². The lowest BCUT2D eigenvalue weighted by molar-refractivity contribution is -0.146. The number of ketones is 1. The van der Waals surface area contributed by atoms with Gasteiger partial charge >= 0.3 is 0 Å². The van der Waals surface area contributed by atoms with Gasteiger partial charge in [0.1, 0.15) is 5.54 Å². The maximum Gasteiger partial charge on any atom is 0.250 e. The molecule has 0 aliphatic carbocycles. The molecule has 0 saturated carbocycles. The van der Waals surface area contributed by atoms with Crippen LogP contribution in [0.5, 0.6) is 0 Å². The molecule has 204 valence electrons. The van der Waals surface area contributed by atoms with Gasteiger partial charge in [-0.2, -0.15) is 0 Å². The number of thioether (sulfide) groups is 1. The van der Waals surface area contributed by atoms with Gasteiger partial charge in [0.25, 0.3) is 5.91 Å². The number of halogens is 3. The van der Waals surface area contributed by atoms with Crippen LogP contribution in [0.2, 0.25) is 15.1 Å². The number of nitrogens with zero attached hydrogens (tertiary/aromatic N) is 2. The third kappa shape index (κ3) is 3.63. The molecule has 1 amide bonds. The Bertz CT molecular complexity index is 1580. The fraction of sp³-hybridized carbons (Fsp3) is 0.290. The second-order valence-corrected chi connectivity index (χ2v) is 13.4. The normalized spacial score (nSPS) is 30.9. The van der Waals surface area contributed by atoms with Gasteiger partial charge in [0.15, 0.2) is 5.78 Å². The monoisotopic (exact) mass is 609 g/mol. The smallest absolute Gasteiger partial charge is 0.250 e. The Morgan fingerprint density at radius 2 is 1.62 bits per heavy atom. The average Bonchev–Trinajstić information content (AvgIpc) is 3.57. The average molecular weight is 611 g/mol. The van der Waals surface area contributed by atoms with Gasteiger partial charge in [0.05, 0.1) is 5.41 Å². The first-order valence-electron chi connectivity index (χ1n) is 13.2. The van der Waals surface area contributed by atoms with Crippen molar-refractivity contribution >= 4 is 70.0 Å². The fourth-order valence-corrected chi connectivity index (χ4v) is 9.37. The Kier molecular flexibility index (Phi) is 6.39. The number of hydrogen-bond acceptors (Lipinski definition) is 5. The summed E-state index contributed by atoms with van der Waals surface area (Å²) in [5.41, 5.74) is 1.73. The predicted octanol–water partition coefficient (Wildman–Crippen LogP) is 6.55. The topological polar surface area (TPSA) is 52.7 Å². The summed E-state index contributed by atoms with van der Waals surface area (Å²) in [5.74, 6) is 1.04. The van der Waals surface area contributed by atoms with Gasteiger partial charge in [-0.15, -0.1) is 11.8 Å². The van der Waals surface area contributed by atoms with Crippen LogP contribution in [0.25, 0.3) is 6.08 Å². The lowest BCUT2D eigenvalue weighted by atomic mass is 9.55. The highest BCUT2D eigenvalue weighted by Gasteiger charge is 2.78. The van der Waals surface area contributed by atoms with Gasteiger partial charge in [-0.3, -0.25) is 14.5 Å². The van der Waals surface area contributed by atoms with Crippen LogP contribution in [0.3, 0.4) is 0 Å². The third-order valence-electron chi connectivity index (χ3n) is 8.96. The van der Waals surface area contributed by atoms with E-state index in [1.165, 1.54) is 0 Å². The predicted molar refractivity (Wildman–Crippen MR) is 163 cm³/mol. The summed E-state index contributed by atoms with van der Waals surface area (Å²) in [6.07, 6.45) is 1.95. The zero-order valence-corrected chi connectivity index (χ0v) is 24.7. The van der Waals surface area contributed by atoms with E-state index >= 15 is 4.79 Å². The highest BCUT2D eigenvalue weighted by atomic mass is 35.5. The molecule has 40 heavy (non-hydrogen) atoms. The fourth-order valence-electron chi connectivity index (χ4n) is 7.65. The maximum absolute atomic E-state index is 15.3. The summed E-state index contributed by atoms with van der Waals surface area (Å²) in [6.45, 7) is 0.907. The molecule has 5 nitrogen and oxygen atoms in total. The minimum Gasteiger partial charge on any atom is -0.324 e. The van der Waals surface area contributed by atoms with Crippen LogP contribution in [0, 0.1) is 5.41 Å². The SMILES string of the molecule is CN1C/C(=C\c2ccc(Cl)cc2)C(=O)[C@]2(C1)[C@H](c1ccc(Cl)cc1)[C@@H]1CSCN1[C@@]21C(=O)Nc2ccc(Cl)cc21. The molecule has 4 atom stereocenters.